The average Bonchev–Trinajstić information content (AvgIpc) is 3.24. The SMILES string of the molecule is CCNC(=NCCc1ccc(OC)c(OC)c1)NCCOc1ccc2c(c1)OCO2.I. The third-order valence-electron chi connectivity index (χ3n) is 4.47. The maximum atomic E-state index is 5.77. The summed E-state index contributed by atoms with van der Waals surface area (Å²) in [6, 6.07) is 11.5. The van der Waals surface area contributed by atoms with Gasteiger partial charge in [-0.3, -0.25) is 4.99 Å². The summed E-state index contributed by atoms with van der Waals surface area (Å²) in [7, 11) is 3.27. The molecule has 2 aromatic rings. The van der Waals surface area contributed by atoms with Crippen molar-refractivity contribution >= 4 is 29.9 Å². The number of guanidine groups is 1. The summed E-state index contributed by atoms with van der Waals surface area (Å²) < 4.78 is 27.1. The molecule has 2 N–H and O–H groups in total. The molecule has 0 atom stereocenters. The Labute approximate surface area is 200 Å². The Bertz CT molecular complexity index is 863. The normalized spacial score (nSPS) is 12.0. The molecule has 0 bridgehead atoms. The zero-order valence-electron chi connectivity index (χ0n) is 18.1. The van der Waals surface area contributed by atoms with Crippen LogP contribution in [-0.4, -0.2) is 53.2 Å². The van der Waals surface area contributed by atoms with Crippen molar-refractivity contribution < 1.29 is 23.7 Å². The highest BCUT2D eigenvalue weighted by molar-refractivity contribution is 14.0. The number of nitrogens with one attached hydrogen (secondary N) is 2. The Hall–Kier alpha value is -2.56. The minimum Gasteiger partial charge on any atom is -0.493 e. The topological polar surface area (TPSA) is 82.6 Å². The molecule has 0 unspecified atom stereocenters. The zero-order valence-corrected chi connectivity index (χ0v) is 20.4. The Morgan fingerprint density at radius 3 is 2.58 bits per heavy atom. The summed E-state index contributed by atoms with van der Waals surface area (Å²) in [5.41, 5.74) is 1.14. The Morgan fingerprint density at radius 1 is 1.00 bits per heavy atom. The first-order chi connectivity index (χ1) is 14.7. The van der Waals surface area contributed by atoms with Gasteiger partial charge in [0.1, 0.15) is 12.4 Å². The first-order valence-electron chi connectivity index (χ1n) is 9.99. The summed E-state index contributed by atoms with van der Waals surface area (Å²) in [5.74, 6) is 4.41. The van der Waals surface area contributed by atoms with Crippen LogP contribution in [-0.2, 0) is 6.42 Å². The molecule has 0 spiro atoms. The lowest BCUT2D eigenvalue weighted by atomic mass is 10.1. The van der Waals surface area contributed by atoms with Gasteiger partial charge in [0.05, 0.1) is 20.8 Å². The summed E-state index contributed by atoms with van der Waals surface area (Å²) in [5, 5.41) is 6.53. The Morgan fingerprint density at radius 2 is 1.81 bits per heavy atom. The van der Waals surface area contributed by atoms with Crippen LogP contribution >= 0.6 is 24.0 Å². The summed E-state index contributed by atoms with van der Waals surface area (Å²) in [4.78, 5) is 4.63. The molecule has 0 radical (unpaired) electrons. The van der Waals surface area contributed by atoms with Gasteiger partial charge in [0.15, 0.2) is 29.0 Å². The van der Waals surface area contributed by atoms with Gasteiger partial charge in [0.2, 0.25) is 6.79 Å². The van der Waals surface area contributed by atoms with Crippen molar-refractivity contribution in [3.8, 4) is 28.7 Å². The third-order valence-corrected chi connectivity index (χ3v) is 4.47. The molecule has 1 aliphatic heterocycles. The van der Waals surface area contributed by atoms with Crippen LogP contribution in [0.15, 0.2) is 41.4 Å². The molecular weight excluding hydrogens is 513 g/mol. The molecule has 9 heteroatoms. The van der Waals surface area contributed by atoms with Crippen molar-refractivity contribution in [3.05, 3.63) is 42.0 Å². The van der Waals surface area contributed by atoms with Gasteiger partial charge >= 0.3 is 0 Å². The van der Waals surface area contributed by atoms with Crippen molar-refractivity contribution in [2.45, 2.75) is 13.3 Å². The molecule has 0 aliphatic carbocycles. The highest BCUT2D eigenvalue weighted by atomic mass is 127. The van der Waals surface area contributed by atoms with Gasteiger partial charge in [-0.1, -0.05) is 6.07 Å². The Kier molecular flexibility index (Phi) is 10.3. The van der Waals surface area contributed by atoms with E-state index in [0.29, 0.717) is 25.4 Å². The van der Waals surface area contributed by atoms with Crippen LogP contribution in [0, 0.1) is 0 Å². The number of aliphatic imine (C=N–C) groups is 1. The number of halogens is 1. The number of methoxy groups -OCH3 is 2. The maximum absolute atomic E-state index is 5.77. The van der Waals surface area contributed by atoms with Gasteiger partial charge in [-0.05, 0) is 43.2 Å². The second-order valence-corrected chi connectivity index (χ2v) is 6.49. The molecule has 1 heterocycles. The molecule has 0 saturated carbocycles. The van der Waals surface area contributed by atoms with Crippen LogP contribution in [0.4, 0.5) is 0 Å². The molecule has 1 aliphatic rings. The summed E-state index contributed by atoms with van der Waals surface area (Å²) >= 11 is 0. The van der Waals surface area contributed by atoms with Crippen molar-refractivity contribution in [1.29, 1.82) is 0 Å². The van der Waals surface area contributed by atoms with E-state index in [0.717, 1.165) is 47.5 Å². The van der Waals surface area contributed by atoms with E-state index in [-0.39, 0.29) is 30.8 Å². The van der Waals surface area contributed by atoms with Gasteiger partial charge in [-0.25, -0.2) is 0 Å². The molecule has 2 aromatic carbocycles. The molecule has 0 aromatic heterocycles. The van der Waals surface area contributed by atoms with Crippen LogP contribution in [0.5, 0.6) is 28.7 Å². The minimum absolute atomic E-state index is 0. The van der Waals surface area contributed by atoms with E-state index in [1.165, 1.54) is 0 Å². The number of rotatable bonds is 10. The molecule has 3 rings (SSSR count). The lowest BCUT2D eigenvalue weighted by Gasteiger charge is -2.12. The number of fused-ring (bicyclic) bond motifs is 1. The number of benzene rings is 2. The van der Waals surface area contributed by atoms with Gasteiger partial charge in [-0.15, -0.1) is 24.0 Å². The van der Waals surface area contributed by atoms with Crippen molar-refractivity contribution in [3.63, 3.8) is 0 Å². The fraction of sp³-hybridized carbons (Fsp3) is 0.409. The summed E-state index contributed by atoms with van der Waals surface area (Å²) in [6.07, 6.45) is 0.796. The van der Waals surface area contributed by atoms with E-state index in [9.17, 15) is 0 Å². The molecule has 8 nitrogen and oxygen atoms in total. The van der Waals surface area contributed by atoms with Gasteiger partial charge in [-0.2, -0.15) is 0 Å². The molecule has 0 amide bonds. The lowest BCUT2D eigenvalue weighted by molar-refractivity contribution is 0.173. The van der Waals surface area contributed by atoms with Crippen molar-refractivity contribution in [2.24, 2.45) is 4.99 Å². The van der Waals surface area contributed by atoms with Crippen LogP contribution in [0.2, 0.25) is 0 Å². The van der Waals surface area contributed by atoms with E-state index in [1.54, 1.807) is 14.2 Å². The standard InChI is InChI=1S/C22H29N3O5.HI/c1-4-23-22(24-10-9-16-5-7-18(26-2)20(13-16)27-3)25-11-12-28-17-6-8-19-21(14-17)30-15-29-19;/h5-8,13-14H,4,9-12,15H2,1-3H3,(H2,23,24,25);1H. The van der Waals surface area contributed by atoms with Crippen LogP contribution < -0.4 is 34.3 Å². The van der Waals surface area contributed by atoms with E-state index >= 15 is 0 Å². The molecule has 170 valence electrons. The van der Waals surface area contributed by atoms with E-state index in [1.807, 2.05) is 43.3 Å². The molecule has 0 fully saturated rings. The number of hydrogen-bond acceptors (Lipinski definition) is 6. The smallest absolute Gasteiger partial charge is 0.231 e. The molecular formula is C22H30IN3O5. The van der Waals surface area contributed by atoms with Crippen molar-refractivity contribution in [1.82, 2.24) is 10.6 Å². The monoisotopic (exact) mass is 543 g/mol. The number of nitrogens with zero attached hydrogens (tertiary/aromatic N) is 1. The Balaban J connectivity index is 0.00000341. The van der Waals surface area contributed by atoms with Crippen molar-refractivity contribution in [2.75, 3.05) is 47.3 Å². The molecule has 0 saturated heterocycles. The fourth-order valence-electron chi connectivity index (χ4n) is 2.98. The zero-order chi connectivity index (χ0) is 21.2. The molecule has 31 heavy (non-hydrogen) atoms. The predicted octanol–water partition coefficient (Wildman–Crippen LogP) is 3.23. The first-order valence-corrected chi connectivity index (χ1v) is 9.99. The fourth-order valence-corrected chi connectivity index (χ4v) is 2.98. The number of hydrogen-bond donors (Lipinski definition) is 2. The second-order valence-electron chi connectivity index (χ2n) is 6.49. The van der Waals surface area contributed by atoms with Gasteiger partial charge < -0.3 is 34.3 Å². The van der Waals surface area contributed by atoms with E-state index in [4.69, 9.17) is 23.7 Å². The van der Waals surface area contributed by atoms with E-state index < -0.39 is 0 Å². The largest absolute Gasteiger partial charge is 0.493 e. The van der Waals surface area contributed by atoms with Crippen LogP contribution in [0.1, 0.15) is 12.5 Å². The predicted molar refractivity (Wildman–Crippen MR) is 131 cm³/mol. The maximum Gasteiger partial charge on any atom is 0.231 e. The van der Waals surface area contributed by atoms with Crippen LogP contribution in [0.25, 0.3) is 0 Å². The first kappa shape index (κ1) is 24.7. The highest BCUT2D eigenvalue weighted by Crippen LogP contribution is 2.35. The van der Waals surface area contributed by atoms with Crippen LogP contribution in [0.3, 0.4) is 0 Å². The lowest BCUT2D eigenvalue weighted by Crippen LogP contribution is -2.39. The second kappa shape index (κ2) is 13.0. The quantitative estimate of drug-likeness (QED) is 0.206. The summed E-state index contributed by atoms with van der Waals surface area (Å²) in [6.45, 7) is 4.84. The third kappa shape index (κ3) is 7.27. The minimum atomic E-state index is 0. The number of ether oxygens (including phenoxy) is 5. The van der Waals surface area contributed by atoms with E-state index in [2.05, 4.69) is 15.6 Å². The van der Waals surface area contributed by atoms with Gasteiger partial charge in [0.25, 0.3) is 0 Å². The average molecular weight is 543 g/mol. The van der Waals surface area contributed by atoms with Gasteiger partial charge in [0, 0.05) is 19.2 Å². The highest BCUT2D eigenvalue weighted by Gasteiger charge is 2.13.